The van der Waals surface area contributed by atoms with Gasteiger partial charge in [0, 0.05) is 17.0 Å². The summed E-state index contributed by atoms with van der Waals surface area (Å²) in [4.78, 5) is 16.8. The van der Waals surface area contributed by atoms with E-state index >= 15 is 0 Å². The third kappa shape index (κ3) is 3.32. The number of fused-ring (bicyclic) bond motifs is 1. The van der Waals surface area contributed by atoms with Crippen LogP contribution in [0.25, 0.3) is 10.6 Å². The fourth-order valence-corrected chi connectivity index (χ4v) is 2.82. The molecule has 2 heterocycles. The highest BCUT2D eigenvalue weighted by atomic mass is 32.1. The first-order chi connectivity index (χ1) is 10.8. The zero-order valence-electron chi connectivity index (χ0n) is 13.7. The molecule has 1 aromatic heterocycles. The number of rotatable bonds is 3. The maximum atomic E-state index is 12.3. The highest BCUT2D eigenvalue weighted by molar-refractivity contribution is 7.13. The minimum absolute atomic E-state index is 0.00579. The van der Waals surface area contributed by atoms with Gasteiger partial charge >= 0.3 is 0 Å². The number of carbonyl (C=O) groups is 1. The number of aromatic nitrogens is 1. The normalized spacial score (nSPS) is 14.6. The Hall–Kier alpha value is -2.08. The van der Waals surface area contributed by atoms with Crippen molar-refractivity contribution in [2.45, 2.75) is 33.7 Å². The minimum atomic E-state index is -0.143. The van der Waals surface area contributed by atoms with Gasteiger partial charge in [-0.25, -0.2) is 4.98 Å². The molecule has 1 aliphatic heterocycles. The molecule has 1 N–H and O–H groups in total. The zero-order chi connectivity index (χ0) is 16.6. The molecular formula is C17H20N2O3S. The van der Waals surface area contributed by atoms with Crippen LogP contribution in [0.3, 0.4) is 0 Å². The monoisotopic (exact) mass is 332 g/mol. The number of amides is 1. The van der Waals surface area contributed by atoms with E-state index in [2.05, 4.69) is 31.1 Å². The molecule has 1 unspecified atom stereocenters. The second-order valence-electron chi connectivity index (χ2n) is 6.67. The molecule has 1 amide bonds. The van der Waals surface area contributed by atoms with Gasteiger partial charge in [0.05, 0.1) is 0 Å². The van der Waals surface area contributed by atoms with Crippen LogP contribution in [0.4, 0.5) is 0 Å². The molecule has 1 atom stereocenters. The summed E-state index contributed by atoms with van der Waals surface area (Å²) in [6, 6.07) is 5.73. The van der Waals surface area contributed by atoms with Gasteiger partial charge in [-0.3, -0.25) is 4.79 Å². The van der Waals surface area contributed by atoms with Crippen molar-refractivity contribution in [2.75, 3.05) is 6.79 Å². The number of nitrogens with one attached hydrogen (secondary N) is 1. The van der Waals surface area contributed by atoms with Gasteiger partial charge in [-0.1, -0.05) is 20.8 Å². The van der Waals surface area contributed by atoms with E-state index in [9.17, 15) is 4.79 Å². The van der Waals surface area contributed by atoms with Crippen LogP contribution in [0, 0.1) is 5.41 Å². The molecule has 122 valence electrons. The molecule has 2 aromatic rings. The summed E-state index contributed by atoms with van der Waals surface area (Å²) in [5.41, 5.74) is 1.37. The molecule has 0 fully saturated rings. The van der Waals surface area contributed by atoms with E-state index < -0.39 is 0 Å². The number of thiazole rings is 1. The van der Waals surface area contributed by atoms with Crippen molar-refractivity contribution < 1.29 is 14.3 Å². The Bertz CT molecular complexity index is 734. The average molecular weight is 332 g/mol. The fraction of sp³-hybridized carbons (Fsp3) is 0.412. The molecule has 3 rings (SSSR count). The lowest BCUT2D eigenvalue weighted by atomic mass is 9.88. The summed E-state index contributed by atoms with van der Waals surface area (Å²) >= 11 is 1.44. The van der Waals surface area contributed by atoms with E-state index in [-0.39, 0.29) is 24.2 Å². The first-order valence-corrected chi connectivity index (χ1v) is 8.39. The third-order valence-corrected chi connectivity index (χ3v) is 4.89. The number of hydrogen-bond donors (Lipinski definition) is 1. The van der Waals surface area contributed by atoms with Crippen LogP contribution in [-0.2, 0) is 0 Å². The quantitative estimate of drug-likeness (QED) is 0.931. The number of ether oxygens (including phenoxy) is 2. The Balaban J connectivity index is 1.77. The summed E-state index contributed by atoms with van der Waals surface area (Å²) in [5.74, 6) is 1.31. The highest BCUT2D eigenvalue weighted by Gasteiger charge is 2.23. The van der Waals surface area contributed by atoms with Crippen molar-refractivity contribution in [2.24, 2.45) is 5.41 Å². The number of benzene rings is 1. The molecule has 0 radical (unpaired) electrons. The second kappa shape index (κ2) is 5.85. The summed E-state index contributed by atoms with van der Waals surface area (Å²) in [6.45, 7) is 8.53. The Morgan fingerprint density at radius 2 is 2.04 bits per heavy atom. The molecule has 0 aliphatic carbocycles. The van der Waals surface area contributed by atoms with E-state index in [1.54, 1.807) is 5.38 Å². The van der Waals surface area contributed by atoms with E-state index in [1.807, 2.05) is 25.1 Å². The van der Waals surface area contributed by atoms with E-state index in [0.717, 1.165) is 16.3 Å². The Morgan fingerprint density at radius 3 is 2.78 bits per heavy atom. The summed E-state index contributed by atoms with van der Waals surface area (Å²) in [6.07, 6.45) is 0. The van der Waals surface area contributed by atoms with E-state index in [4.69, 9.17) is 9.47 Å². The summed E-state index contributed by atoms with van der Waals surface area (Å²) in [5, 5.41) is 5.57. The molecule has 23 heavy (non-hydrogen) atoms. The lowest BCUT2D eigenvalue weighted by Crippen LogP contribution is -2.41. The van der Waals surface area contributed by atoms with Crippen molar-refractivity contribution in [1.29, 1.82) is 0 Å². The fourth-order valence-electron chi connectivity index (χ4n) is 2.03. The standard InChI is InChI=1S/C17H20N2O3S/c1-10(17(2,3)4)18-15(20)12-8-23-16(19-12)11-5-6-13-14(7-11)22-9-21-13/h5-8,10H,9H2,1-4H3,(H,18,20). The molecular weight excluding hydrogens is 312 g/mol. The maximum absolute atomic E-state index is 12.3. The van der Waals surface area contributed by atoms with Gasteiger partial charge < -0.3 is 14.8 Å². The minimum Gasteiger partial charge on any atom is -0.454 e. The van der Waals surface area contributed by atoms with Gasteiger partial charge in [-0.05, 0) is 30.5 Å². The van der Waals surface area contributed by atoms with Crippen molar-refractivity contribution in [3.63, 3.8) is 0 Å². The van der Waals surface area contributed by atoms with Crippen LogP contribution in [0.1, 0.15) is 38.2 Å². The van der Waals surface area contributed by atoms with Crippen LogP contribution in [0.2, 0.25) is 0 Å². The van der Waals surface area contributed by atoms with Gasteiger partial charge in [0.2, 0.25) is 6.79 Å². The zero-order valence-corrected chi connectivity index (χ0v) is 14.5. The lowest BCUT2D eigenvalue weighted by Gasteiger charge is -2.27. The molecule has 6 heteroatoms. The predicted molar refractivity (Wildman–Crippen MR) is 90.1 cm³/mol. The Labute approximate surface area is 139 Å². The molecule has 0 spiro atoms. The number of carbonyl (C=O) groups excluding carboxylic acids is 1. The van der Waals surface area contributed by atoms with Gasteiger partial charge in [0.15, 0.2) is 11.5 Å². The van der Waals surface area contributed by atoms with E-state index in [0.29, 0.717) is 11.4 Å². The summed E-state index contributed by atoms with van der Waals surface area (Å²) in [7, 11) is 0. The van der Waals surface area contributed by atoms with Crippen LogP contribution >= 0.6 is 11.3 Å². The molecule has 1 aliphatic rings. The van der Waals surface area contributed by atoms with Gasteiger partial charge in [0.25, 0.3) is 5.91 Å². The smallest absolute Gasteiger partial charge is 0.271 e. The number of hydrogen-bond acceptors (Lipinski definition) is 5. The van der Waals surface area contributed by atoms with Gasteiger partial charge in [-0.2, -0.15) is 0 Å². The first kappa shape index (κ1) is 15.8. The first-order valence-electron chi connectivity index (χ1n) is 7.51. The largest absolute Gasteiger partial charge is 0.454 e. The lowest BCUT2D eigenvalue weighted by molar-refractivity contribution is 0.0906. The van der Waals surface area contributed by atoms with Crippen molar-refractivity contribution >= 4 is 17.2 Å². The molecule has 0 bridgehead atoms. The Kier molecular flexibility index (Phi) is 4.02. The molecule has 0 saturated carbocycles. The average Bonchev–Trinajstić information content (AvgIpc) is 3.14. The third-order valence-electron chi connectivity index (χ3n) is 4.00. The SMILES string of the molecule is CC(NC(=O)c1csc(-c2ccc3c(c2)OCO3)n1)C(C)(C)C. The molecule has 1 aromatic carbocycles. The van der Waals surface area contributed by atoms with Crippen molar-refractivity contribution in [3.8, 4) is 22.1 Å². The van der Waals surface area contributed by atoms with E-state index in [1.165, 1.54) is 11.3 Å². The molecule has 0 saturated heterocycles. The summed E-state index contributed by atoms with van der Waals surface area (Å²) < 4.78 is 10.7. The van der Waals surface area contributed by atoms with Crippen molar-refractivity contribution in [1.82, 2.24) is 10.3 Å². The maximum Gasteiger partial charge on any atom is 0.271 e. The van der Waals surface area contributed by atoms with Crippen LogP contribution in [-0.4, -0.2) is 23.7 Å². The predicted octanol–water partition coefficient (Wildman–Crippen LogP) is 3.70. The molecule has 5 nitrogen and oxygen atoms in total. The van der Waals surface area contributed by atoms with Crippen LogP contribution in [0.15, 0.2) is 23.6 Å². The number of nitrogens with zero attached hydrogens (tertiary/aromatic N) is 1. The topological polar surface area (TPSA) is 60.5 Å². The Morgan fingerprint density at radius 1 is 1.30 bits per heavy atom. The van der Waals surface area contributed by atoms with Crippen molar-refractivity contribution in [3.05, 3.63) is 29.3 Å². The van der Waals surface area contributed by atoms with Gasteiger partial charge in [-0.15, -0.1) is 11.3 Å². The van der Waals surface area contributed by atoms with Gasteiger partial charge in [0.1, 0.15) is 10.7 Å². The van der Waals surface area contributed by atoms with Crippen LogP contribution in [0.5, 0.6) is 11.5 Å². The second-order valence-corrected chi connectivity index (χ2v) is 7.53. The van der Waals surface area contributed by atoms with Crippen LogP contribution < -0.4 is 14.8 Å². The highest BCUT2D eigenvalue weighted by Crippen LogP contribution is 2.36.